The molecule has 1 N–H and O–H groups in total. The molecule has 6 nitrogen and oxygen atoms in total. The summed E-state index contributed by atoms with van der Waals surface area (Å²) in [5.41, 5.74) is 0.772. The van der Waals surface area contributed by atoms with E-state index in [2.05, 4.69) is 0 Å². The zero-order chi connectivity index (χ0) is 18.1. The summed E-state index contributed by atoms with van der Waals surface area (Å²) >= 11 is 0. The fourth-order valence-electron chi connectivity index (χ4n) is 4.06. The van der Waals surface area contributed by atoms with Crippen LogP contribution in [0.5, 0.6) is 23.0 Å². The largest absolute Gasteiger partial charge is 0.454 e. The highest BCUT2D eigenvalue weighted by molar-refractivity contribution is 6.05. The summed E-state index contributed by atoms with van der Waals surface area (Å²) in [6, 6.07) is 9.28. The van der Waals surface area contributed by atoms with Gasteiger partial charge >= 0.3 is 0 Å². The molecular weight excluding hydrogens is 336 g/mol. The van der Waals surface area contributed by atoms with Crippen LogP contribution in [0.2, 0.25) is 0 Å². The van der Waals surface area contributed by atoms with E-state index in [-0.39, 0.29) is 31.2 Å². The molecule has 0 unspecified atom stereocenters. The van der Waals surface area contributed by atoms with Crippen LogP contribution in [0.4, 0.5) is 0 Å². The number of ketones is 1. The summed E-state index contributed by atoms with van der Waals surface area (Å²) in [5.74, 6) is 1.71. The number of hydrogen-bond acceptors (Lipinski definition) is 6. The monoisotopic (exact) mass is 354 g/mol. The number of rotatable bonds is 1. The van der Waals surface area contributed by atoms with E-state index in [1.807, 2.05) is 31.2 Å². The minimum atomic E-state index is -1.48. The molecule has 0 saturated carbocycles. The number of fused-ring (bicyclic) bond motifs is 3. The molecule has 0 spiro atoms. The van der Waals surface area contributed by atoms with Crippen LogP contribution in [0, 0.1) is 5.92 Å². The second kappa shape index (κ2) is 5.14. The number of Topliss-reactive ketones (excluding diaryl/α,β-unsaturated/α-hetero) is 1. The molecule has 2 aliphatic heterocycles. The fourth-order valence-corrected chi connectivity index (χ4v) is 4.06. The molecule has 5 rings (SSSR count). The second-order valence-corrected chi connectivity index (χ2v) is 7.15. The predicted molar refractivity (Wildman–Crippen MR) is 91.1 cm³/mol. The van der Waals surface area contributed by atoms with Crippen molar-refractivity contribution in [2.24, 2.45) is 5.92 Å². The molecule has 2 heterocycles. The highest BCUT2D eigenvalue weighted by Crippen LogP contribution is 2.50. The Morgan fingerprint density at radius 1 is 0.962 bits per heavy atom. The first kappa shape index (κ1) is 15.5. The Bertz CT molecular complexity index is 932. The minimum absolute atomic E-state index is 0.132. The SMILES string of the molecule is C[C@@H]1[C@H](c2ccc3c(c2)OCO3)c2cc3c(cc2C(=O)[C@]1(C)O)OCO3. The zero-order valence-corrected chi connectivity index (χ0v) is 14.4. The van der Waals surface area contributed by atoms with Gasteiger partial charge in [0.15, 0.2) is 28.8 Å². The van der Waals surface area contributed by atoms with E-state index in [0.29, 0.717) is 28.6 Å². The molecule has 0 bridgehead atoms. The maximum atomic E-state index is 12.9. The van der Waals surface area contributed by atoms with Crippen LogP contribution < -0.4 is 18.9 Å². The van der Waals surface area contributed by atoms with Crippen molar-refractivity contribution in [3.63, 3.8) is 0 Å². The van der Waals surface area contributed by atoms with Gasteiger partial charge in [-0.15, -0.1) is 0 Å². The lowest BCUT2D eigenvalue weighted by atomic mass is 9.65. The fraction of sp³-hybridized carbons (Fsp3) is 0.350. The summed E-state index contributed by atoms with van der Waals surface area (Å²) < 4.78 is 21.8. The summed E-state index contributed by atoms with van der Waals surface area (Å²) in [4.78, 5) is 12.9. The lowest BCUT2D eigenvalue weighted by Crippen LogP contribution is -2.48. The van der Waals surface area contributed by atoms with Gasteiger partial charge in [0.1, 0.15) is 5.60 Å². The van der Waals surface area contributed by atoms with Crippen molar-refractivity contribution in [3.8, 4) is 23.0 Å². The first-order valence-corrected chi connectivity index (χ1v) is 8.57. The standard InChI is InChI=1S/C20H18O6/c1-10-18(11-3-4-14-15(5-11)24-8-23-14)12-6-16-17(26-9-25-16)7-13(12)19(21)20(10,2)22/h3-7,10,18,22H,8-9H2,1-2H3/t10-,18-,20-/m1/s1. The first-order chi connectivity index (χ1) is 12.5. The highest BCUT2D eigenvalue weighted by Gasteiger charge is 2.48. The molecule has 3 aliphatic rings. The van der Waals surface area contributed by atoms with Crippen molar-refractivity contribution in [2.45, 2.75) is 25.4 Å². The van der Waals surface area contributed by atoms with Gasteiger partial charge < -0.3 is 24.1 Å². The van der Waals surface area contributed by atoms with Gasteiger partial charge in [-0.25, -0.2) is 0 Å². The van der Waals surface area contributed by atoms with Crippen LogP contribution in [0.15, 0.2) is 30.3 Å². The quantitative estimate of drug-likeness (QED) is 0.849. The van der Waals surface area contributed by atoms with Crippen LogP contribution in [0.1, 0.15) is 41.3 Å². The molecule has 2 aromatic carbocycles. The molecule has 0 aromatic heterocycles. The van der Waals surface area contributed by atoms with Gasteiger partial charge in [-0.2, -0.15) is 0 Å². The Hall–Kier alpha value is -2.73. The molecule has 2 aromatic rings. The van der Waals surface area contributed by atoms with Crippen LogP contribution >= 0.6 is 0 Å². The van der Waals surface area contributed by atoms with Crippen molar-refractivity contribution in [2.75, 3.05) is 13.6 Å². The van der Waals surface area contributed by atoms with Gasteiger partial charge in [0.25, 0.3) is 0 Å². The molecule has 3 atom stereocenters. The topological polar surface area (TPSA) is 74.2 Å². The van der Waals surface area contributed by atoms with E-state index in [1.165, 1.54) is 0 Å². The predicted octanol–water partition coefficient (Wildman–Crippen LogP) is 2.86. The van der Waals surface area contributed by atoms with Gasteiger partial charge in [-0.1, -0.05) is 13.0 Å². The van der Waals surface area contributed by atoms with Crippen molar-refractivity contribution in [1.82, 2.24) is 0 Å². The number of benzene rings is 2. The van der Waals surface area contributed by atoms with E-state index in [0.717, 1.165) is 11.1 Å². The van der Waals surface area contributed by atoms with Crippen molar-refractivity contribution < 1.29 is 28.8 Å². The van der Waals surface area contributed by atoms with Gasteiger partial charge in [0.2, 0.25) is 13.6 Å². The second-order valence-electron chi connectivity index (χ2n) is 7.15. The molecule has 0 saturated heterocycles. The average molecular weight is 354 g/mol. The van der Waals surface area contributed by atoms with E-state index in [1.54, 1.807) is 13.0 Å². The molecule has 0 fully saturated rings. The number of ether oxygens (including phenoxy) is 4. The molecule has 26 heavy (non-hydrogen) atoms. The van der Waals surface area contributed by atoms with Gasteiger partial charge in [-0.3, -0.25) is 4.79 Å². The van der Waals surface area contributed by atoms with Gasteiger partial charge in [-0.05, 0) is 42.3 Å². The van der Waals surface area contributed by atoms with Crippen LogP contribution in [0.25, 0.3) is 0 Å². The van der Waals surface area contributed by atoms with Crippen molar-refractivity contribution >= 4 is 5.78 Å². The normalized spacial score (nSPS) is 28.2. The molecule has 6 heteroatoms. The Morgan fingerprint density at radius 2 is 1.58 bits per heavy atom. The van der Waals surface area contributed by atoms with Crippen LogP contribution in [-0.4, -0.2) is 30.1 Å². The molecule has 1 aliphatic carbocycles. The first-order valence-electron chi connectivity index (χ1n) is 8.57. The summed E-state index contributed by atoms with van der Waals surface area (Å²) in [5, 5.41) is 11.0. The summed E-state index contributed by atoms with van der Waals surface area (Å²) in [6.07, 6.45) is 0. The number of carbonyl (C=O) groups is 1. The maximum Gasteiger partial charge on any atom is 0.231 e. The Kier molecular flexibility index (Phi) is 3.07. The van der Waals surface area contributed by atoms with E-state index < -0.39 is 5.60 Å². The third-order valence-electron chi connectivity index (χ3n) is 5.73. The van der Waals surface area contributed by atoms with E-state index in [9.17, 15) is 9.90 Å². The van der Waals surface area contributed by atoms with E-state index >= 15 is 0 Å². The van der Waals surface area contributed by atoms with Crippen molar-refractivity contribution in [3.05, 3.63) is 47.0 Å². The highest BCUT2D eigenvalue weighted by atomic mass is 16.7. The summed E-state index contributed by atoms with van der Waals surface area (Å²) in [7, 11) is 0. The Labute approximate surface area is 150 Å². The lowest BCUT2D eigenvalue weighted by molar-refractivity contribution is 0.00449. The number of carbonyl (C=O) groups excluding carboxylic acids is 1. The number of aliphatic hydroxyl groups is 1. The summed E-state index contributed by atoms with van der Waals surface area (Å²) in [6.45, 7) is 3.80. The maximum absolute atomic E-state index is 12.9. The Morgan fingerprint density at radius 3 is 2.31 bits per heavy atom. The minimum Gasteiger partial charge on any atom is -0.454 e. The van der Waals surface area contributed by atoms with Crippen LogP contribution in [-0.2, 0) is 0 Å². The third kappa shape index (κ3) is 1.99. The number of hydrogen-bond donors (Lipinski definition) is 1. The third-order valence-corrected chi connectivity index (χ3v) is 5.73. The van der Waals surface area contributed by atoms with E-state index in [4.69, 9.17) is 18.9 Å². The molecule has 0 amide bonds. The van der Waals surface area contributed by atoms with Gasteiger partial charge in [0.05, 0.1) is 0 Å². The molecule has 0 radical (unpaired) electrons. The van der Waals surface area contributed by atoms with Gasteiger partial charge in [0, 0.05) is 17.4 Å². The van der Waals surface area contributed by atoms with Crippen molar-refractivity contribution in [1.29, 1.82) is 0 Å². The smallest absolute Gasteiger partial charge is 0.231 e. The average Bonchev–Trinajstić information content (AvgIpc) is 3.27. The molecular formula is C20H18O6. The molecule has 134 valence electrons. The zero-order valence-electron chi connectivity index (χ0n) is 14.4. The van der Waals surface area contributed by atoms with Crippen LogP contribution in [0.3, 0.4) is 0 Å². The lowest BCUT2D eigenvalue weighted by Gasteiger charge is -2.41. The Balaban J connectivity index is 1.72.